The Kier molecular flexibility index (Phi) is 4.76. The van der Waals surface area contributed by atoms with Crippen molar-refractivity contribution >= 4 is 17.5 Å². The van der Waals surface area contributed by atoms with Crippen molar-refractivity contribution in [3.8, 4) is 0 Å². The van der Waals surface area contributed by atoms with Crippen LogP contribution in [0.2, 0.25) is 0 Å². The van der Waals surface area contributed by atoms with Gasteiger partial charge in [-0.05, 0) is 36.5 Å². The molecule has 2 amide bonds. The molecule has 1 heterocycles. The van der Waals surface area contributed by atoms with E-state index in [2.05, 4.69) is 10.6 Å². The molecule has 0 atom stereocenters. The van der Waals surface area contributed by atoms with Crippen LogP contribution in [0.25, 0.3) is 0 Å². The van der Waals surface area contributed by atoms with E-state index in [1.165, 1.54) is 32.1 Å². The van der Waals surface area contributed by atoms with Crippen molar-refractivity contribution in [3.63, 3.8) is 0 Å². The number of hydrogen-bond donors (Lipinski definition) is 2. The Balaban J connectivity index is 1.55. The van der Waals surface area contributed by atoms with Gasteiger partial charge in [0.25, 0.3) is 5.91 Å². The highest BCUT2D eigenvalue weighted by Crippen LogP contribution is 2.27. The zero-order chi connectivity index (χ0) is 15.4. The molecule has 2 aliphatic rings. The molecule has 0 aromatic heterocycles. The van der Waals surface area contributed by atoms with Crippen LogP contribution in [-0.2, 0) is 11.2 Å². The molecule has 1 aromatic rings. The number of fused-ring (bicyclic) bond motifs is 1. The predicted octanol–water partition coefficient (Wildman–Crippen LogP) is 3.27. The number of anilines is 1. The molecular formula is C18H24N2O2. The van der Waals surface area contributed by atoms with Crippen LogP contribution < -0.4 is 10.6 Å². The second kappa shape index (κ2) is 6.95. The topological polar surface area (TPSA) is 58.2 Å². The van der Waals surface area contributed by atoms with Gasteiger partial charge in [0.15, 0.2) is 0 Å². The van der Waals surface area contributed by atoms with E-state index in [0.29, 0.717) is 24.4 Å². The minimum Gasteiger partial charge on any atom is -0.352 e. The van der Waals surface area contributed by atoms with Gasteiger partial charge < -0.3 is 10.6 Å². The molecule has 0 bridgehead atoms. The molecule has 4 heteroatoms. The summed E-state index contributed by atoms with van der Waals surface area (Å²) in [6.07, 6.45) is 8.93. The zero-order valence-corrected chi connectivity index (χ0v) is 13.0. The third-order valence-electron chi connectivity index (χ3n) is 4.82. The molecule has 118 valence electrons. The molecule has 0 saturated heterocycles. The summed E-state index contributed by atoms with van der Waals surface area (Å²) in [6, 6.07) is 5.64. The summed E-state index contributed by atoms with van der Waals surface area (Å²) in [5.41, 5.74) is 2.48. The van der Waals surface area contributed by atoms with Crippen LogP contribution in [0.5, 0.6) is 0 Å². The number of benzene rings is 1. The largest absolute Gasteiger partial charge is 0.352 e. The summed E-state index contributed by atoms with van der Waals surface area (Å²) >= 11 is 0. The summed E-state index contributed by atoms with van der Waals surface area (Å²) in [6.45, 7) is 0.693. The van der Waals surface area contributed by atoms with E-state index < -0.39 is 0 Å². The molecule has 0 spiro atoms. The van der Waals surface area contributed by atoms with Crippen molar-refractivity contribution in [2.24, 2.45) is 5.92 Å². The maximum Gasteiger partial charge on any atom is 0.251 e. The second-order valence-corrected chi connectivity index (χ2v) is 6.47. The highest BCUT2D eigenvalue weighted by atomic mass is 16.2. The van der Waals surface area contributed by atoms with Crippen LogP contribution in [0.4, 0.5) is 5.69 Å². The van der Waals surface area contributed by atoms with Gasteiger partial charge >= 0.3 is 0 Å². The average molecular weight is 300 g/mol. The first-order valence-corrected chi connectivity index (χ1v) is 8.43. The SMILES string of the molecule is O=C(CCC1CCCCC1)Nc1ccc2c(c1)C(=O)NCC2. The van der Waals surface area contributed by atoms with Gasteiger partial charge in [0.2, 0.25) is 5.91 Å². The number of rotatable bonds is 4. The number of hydrogen-bond acceptors (Lipinski definition) is 2. The molecule has 1 fully saturated rings. The lowest BCUT2D eigenvalue weighted by Crippen LogP contribution is -2.31. The Morgan fingerprint density at radius 1 is 1.23 bits per heavy atom. The molecule has 0 unspecified atom stereocenters. The van der Waals surface area contributed by atoms with E-state index in [9.17, 15) is 9.59 Å². The van der Waals surface area contributed by atoms with Gasteiger partial charge in [0.1, 0.15) is 0 Å². The Hall–Kier alpha value is -1.84. The van der Waals surface area contributed by atoms with E-state index in [0.717, 1.165) is 24.1 Å². The molecule has 3 rings (SSSR count). The van der Waals surface area contributed by atoms with Gasteiger partial charge in [0.05, 0.1) is 0 Å². The molecule has 2 N–H and O–H groups in total. The number of nitrogens with one attached hydrogen (secondary N) is 2. The highest BCUT2D eigenvalue weighted by molar-refractivity contribution is 5.99. The van der Waals surface area contributed by atoms with Gasteiger partial charge in [-0.1, -0.05) is 38.2 Å². The number of carbonyl (C=O) groups excluding carboxylic acids is 2. The molecular weight excluding hydrogens is 276 g/mol. The van der Waals surface area contributed by atoms with Crippen LogP contribution >= 0.6 is 0 Å². The minimum absolute atomic E-state index is 0.0421. The molecule has 1 aromatic carbocycles. The Labute approximate surface area is 131 Å². The van der Waals surface area contributed by atoms with Gasteiger partial charge in [-0.3, -0.25) is 9.59 Å². The van der Waals surface area contributed by atoms with E-state index in [1.54, 1.807) is 6.07 Å². The molecule has 22 heavy (non-hydrogen) atoms. The summed E-state index contributed by atoms with van der Waals surface area (Å²) in [5, 5.41) is 5.77. The summed E-state index contributed by atoms with van der Waals surface area (Å²) in [4.78, 5) is 23.9. The van der Waals surface area contributed by atoms with E-state index in [1.807, 2.05) is 12.1 Å². The van der Waals surface area contributed by atoms with Crippen molar-refractivity contribution in [1.29, 1.82) is 0 Å². The Morgan fingerprint density at radius 2 is 2.05 bits per heavy atom. The van der Waals surface area contributed by atoms with Gasteiger partial charge in [-0.25, -0.2) is 0 Å². The predicted molar refractivity (Wildman–Crippen MR) is 86.9 cm³/mol. The van der Waals surface area contributed by atoms with Crippen LogP contribution in [-0.4, -0.2) is 18.4 Å². The van der Waals surface area contributed by atoms with E-state index in [-0.39, 0.29) is 11.8 Å². The molecule has 1 saturated carbocycles. The Bertz CT molecular complexity index is 562. The van der Waals surface area contributed by atoms with Crippen molar-refractivity contribution in [2.45, 2.75) is 51.4 Å². The second-order valence-electron chi connectivity index (χ2n) is 6.47. The highest BCUT2D eigenvalue weighted by Gasteiger charge is 2.18. The number of amides is 2. The monoisotopic (exact) mass is 300 g/mol. The third-order valence-corrected chi connectivity index (χ3v) is 4.82. The Morgan fingerprint density at radius 3 is 2.86 bits per heavy atom. The lowest BCUT2D eigenvalue weighted by molar-refractivity contribution is -0.116. The lowest BCUT2D eigenvalue weighted by atomic mass is 9.86. The van der Waals surface area contributed by atoms with Crippen molar-refractivity contribution in [2.75, 3.05) is 11.9 Å². The van der Waals surface area contributed by atoms with Crippen LogP contribution in [0.1, 0.15) is 60.9 Å². The zero-order valence-electron chi connectivity index (χ0n) is 13.0. The average Bonchev–Trinajstić information content (AvgIpc) is 2.55. The fourth-order valence-electron chi connectivity index (χ4n) is 3.52. The fraction of sp³-hybridized carbons (Fsp3) is 0.556. The van der Waals surface area contributed by atoms with E-state index >= 15 is 0 Å². The van der Waals surface area contributed by atoms with E-state index in [4.69, 9.17) is 0 Å². The van der Waals surface area contributed by atoms with Crippen molar-refractivity contribution in [3.05, 3.63) is 29.3 Å². The fourth-order valence-corrected chi connectivity index (χ4v) is 3.52. The van der Waals surface area contributed by atoms with Crippen LogP contribution in [0.15, 0.2) is 18.2 Å². The first-order chi connectivity index (χ1) is 10.7. The minimum atomic E-state index is -0.0421. The number of carbonyl (C=O) groups is 2. The summed E-state index contributed by atoms with van der Waals surface area (Å²) < 4.78 is 0. The standard InChI is InChI=1S/C18H24N2O2/c21-17(9-6-13-4-2-1-3-5-13)20-15-8-7-14-10-11-19-18(22)16(14)12-15/h7-8,12-13H,1-6,9-11H2,(H,19,22)(H,20,21). The first-order valence-electron chi connectivity index (χ1n) is 8.43. The third kappa shape index (κ3) is 3.67. The smallest absolute Gasteiger partial charge is 0.251 e. The molecule has 1 aliphatic carbocycles. The van der Waals surface area contributed by atoms with Crippen molar-refractivity contribution < 1.29 is 9.59 Å². The maximum absolute atomic E-state index is 12.1. The van der Waals surface area contributed by atoms with Crippen LogP contribution in [0.3, 0.4) is 0 Å². The molecule has 4 nitrogen and oxygen atoms in total. The van der Waals surface area contributed by atoms with Crippen LogP contribution in [0, 0.1) is 5.92 Å². The molecule has 1 aliphatic heterocycles. The van der Waals surface area contributed by atoms with Gasteiger partial charge in [0, 0.05) is 24.2 Å². The molecule has 0 radical (unpaired) electrons. The van der Waals surface area contributed by atoms with Gasteiger partial charge in [-0.2, -0.15) is 0 Å². The quantitative estimate of drug-likeness (QED) is 0.896. The first kappa shape index (κ1) is 15.1. The summed E-state index contributed by atoms with van der Waals surface area (Å²) in [5.74, 6) is 0.732. The van der Waals surface area contributed by atoms with Gasteiger partial charge in [-0.15, -0.1) is 0 Å². The normalized spacial score (nSPS) is 18.5. The van der Waals surface area contributed by atoms with Crippen molar-refractivity contribution in [1.82, 2.24) is 5.32 Å². The lowest BCUT2D eigenvalue weighted by Gasteiger charge is -2.21. The summed E-state index contributed by atoms with van der Waals surface area (Å²) in [7, 11) is 0. The maximum atomic E-state index is 12.1.